The molecule has 0 aliphatic rings. The van der Waals surface area contributed by atoms with Crippen molar-refractivity contribution in [3.8, 4) is 23.0 Å². The molecule has 0 unspecified atom stereocenters. The number of nitrogens with two attached hydrogens (primary N) is 4. The number of nitrogens with zero attached hydrogens (tertiary/aromatic N) is 1. The Morgan fingerprint density at radius 2 is 1.25 bits per heavy atom. The average molecular weight is 978 g/mol. The van der Waals surface area contributed by atoms with Gasteiger partial charge in [0.2, 0.25) is 47.1 Å². The minimum atomic E-state index is -1.88. The Labute approximate surface area is 396 Å². The number of amides is 7. The normalized spacial score (nSPS) is 13.4. The van der Waals surface area contributed by atoms with Crippen LogP contribution in [0.2, 0.25) is 0 Å². The number of benzene rings is 2. The molecule has 2 rings (SSSR count). The number of carboxylic acid groups (broad SMARTS) is 1. The van der Waals surface area contributed by atoms with Crippen molar-refractivity contribution in [1.82, 2.24) is 31.9 Å². The number of carbonyl (C=O) groups is 8. The molecule has 0 heterocycles. The number of carboxylic acids is 1. The summed E-state index contributed by atoms with van der Waals surface area (Å²) in [6.07, 6.45) is -1.96. The van der Waals surface area contributed by atoms with Gasteiger partial charge in [0.05, 0.1) is 47.5 Å². The van der Waals surface area contributed by atoms with Crippen molar-refractivity contribution >= 4 is 65.0 Å². The third-order valence-electron chi connectivity index (χ3n) is 9.93. The number of nitrogens with one attached hydrogen (secondary N) is 6. The van der Waals surface area contributed by atoms with E-state index in [1.807, 2.05) is 24.3 Å². The minimum absolute atomic E-state index is 0.0268. The van der Waals surface area contributed by atoms with Gasteiger partial charge in [0.25, 0.3) is 0 Å². The first-order chi connectivity index (χ1) is 32.2. The molecular weight excluding hydrogens is 915 g/mol. The van der Waals surface area contributed by atoms with Crippen molar-refractivity contribution in [2.75, 3.05) is 41.6 Å². The van der Waals surface area contributed by atoms with E-state index in [0.717, 1.165) is 10.5 Å². The molecule has 0 saturated carbocycles. The highest BCUT2D eigenvalue weighted by Crippen LogP contribution is 2.45. The molecule has 2 aromatic rings. The van der Waals surface area contributed by atoms with Crippen molar-refractivity contribution in [2.24, 2.45) is 27.9 Å². The van der Waals surface area contributed by atoms with Crippen molar-refractivity contribution in [2.45, 2.75) is 99.4 Å². The standard InChI is InChI=1S/C42H63N11O14S/c1-21(36(44)58)49-41(63)29(19-54)53-38(60)26(8-7-15-47-42(45)46)51-40(62)28(16-33(56)57)52-39(61)27(13-14-32(43)55)50-37(59)22(2)48-18-25-31(17-30(65-4)35(67-6)34(25)66-5)68-20-23-9-11-24(64-3)12-10-23/h9-12,17,21-22,26-29,48,54H,7-8,13-16,18-20H2,1-6H3,(H2,43,55)(H2,44,58)(H,49,63)(H,50,59)(H,51,62)(H,52,61)(H,53,60)(H,56,57)(H4,45,46,47)/t21-,22-,26-,27-,28-,29-/m0/s1. The summed E-state index contributed by atoms with van der Waals surface area (Å²) in [6, 6.07) is 0.476. The molecule has 0 aliphatic carbocycles. The van der Waals surface area contributed by atoms with Crippen LogP contribution >= 0.6 is 11.8 Å². The molecule has 0 spiro atoms. The average Bonchev–Trinajstić information content (AvgIpc) is 3.30. The van der Waals surface area contributed by atoms with Gasteiger partial charge in [0.1, 0.15) is 36.0 Å². The number of hydrogen-bond donors (Lipinski definition) is 12. The molecule has 0 fully saturated rings. The molecule has 2 aromatic carbocycles. The molecule has 16 N–H and O–H groups in total. The van der Waals surface area contributed by atoms with Gasteiger partial charge in [-0.1, -0.05) is 12.1 Å². The van der Waals surface area contributed by atoms with Crippen molar-refractivity contribution in [3.63, 3.8) is 0 Å². The van der Waals surface area contributed by atoms with Crippen LogP contribution in [0.15, 0.2) is 40.2 Å². The Bertz CT molecular complexity index is 2110. The van der Waals surface area contributed by atoms with E-state index < -0.39 is 103 Å². The summed E-state index contributed by atoms with van der Waals surface area (Å²) in [6.45, 7) is 1.81. The van der Waals surface area contributed by atoms with Crippen LogP contribution < -0.4 is 73.8 Å². The minimum Gasteiger partial charge on any atom is -0.497 e. The van der Waals surface area contributed by atoms with E-state index in [0.29, 0.717) is 34.3 Å². The van der Waals surface area contributed by atoms with Crippen LogP contribution in [0, 0.1) is 0 Å². The van der Waals surface area contributed by atoms with Crippen LogP contribution in [0.25, 0.3) is 0 Å². The Morgan fingerprint density at radius 1 is 0.691 bits per heavy atom. The fourth-order valence-corrected chi connectivity index (χ4v) is 7.17. The van der Waals surface area contributed by atoms with Crippen LogP contribution in [0.3, 0.4) is 0 Å². The first kappa shape index (κ1) is 57.1. The van der Waals surface area contributed by atoms with E-state index in [4.69, 9.17) is 41.9 Å². The summed E-state index contributed by atoms with van der Waals surface area (Å²) < 4.78 is 22.2. The molecule has 0 radical (unpaired) electrons. The predicted octanol–water partition coefficient (Wildman–Crippen LogP) is -2.79. The lowest BCUT2D eigenvalue weighted by atomic mass is 10.1. The number of ether oxygens (including phenoxy) is 4. The third-order valence-corrected chi connectivity index (χ3v) is 11.1. The fourth-order valence-electron chi connectivity index (χ4n) is 6.12. The van der Waals surface area contributed by atoms with Crippen molar-refractivity contribution in [1.29, 1.82) is 0 Å². The highest BCUT2D eigenvalue weighted by Gasteiger charge is 2.33. The van der Waals surface area contributed by atoms with Gasteiger partial charge in [-0.05, 0) is 56.9 Å². The molecule has 25 nitrogen and oxygen atoms in total. The maximum absolute atomic E-state index is 13.8. The van der Waals surface area contributed by atoms with Crippen LogP contribution in [-0.2, 0) is 50.7 Å². The molecule has 376 valence electrons. The lowest BCUT2D eigenvalue weighted by Gasteiger charge is -2.26. The number of thioether (sulfide) groups is 1. The van der Waals surface area contributed by atoms with Crippen LogP contribution in [-0.4, -0.2) is 141 Å². The molecule has 0 aliphatic heterocycles. The first-order valence-electron chi connectivity index (χ1n) is 21.0. The third kappa shape index (κ3) is 18.7. The summed E-state index contributed by atoms with van der Waals surface area (Å²) in [5.74, 6) is -6.37. The lowest BCUT2D eigenvalue weighted by molar-refractivity contribution is -0.141. The number of aliphatic imine (C=N–C) groups is 1. The van der Waals surface area contributed by atoms with E-state index in [2.05, 4.69) is 36.9 Å². The number of aliphatic carboxylic acids is 1. The van der Waals surface area contributed by atoms with Gasteiger partial charge >= 0.3 is 5.97 Å². The number of hydrogen-bond acceptors (Lipinski definition) is 16. The van der Waals surface area contributed by atoms with Gasteiger partial charge in [-0.2, -0.15) is 0 Å². The van der Waals surface area contributed by atoms with Crippen molar-refractivity contribution < 1.29 is 67.5 Å². The molecule has 26 heteroatoms. The second kappa shape index (κ2) is 28.9. The molecule has 0 bridgehead atoms. The molecule has 0 saturated heterocycles. The maximum atomic E-state index is 13.8. The summed E-state index contributed by atoms with van der Waals surface area (Å²) in [4.78, 5) is 107. The number of rotatable bonds is 31. The summed E-state index contributed by atoms with van der Waals surface area (Å²) in [5.41, 5.74) is 22.9. The largest absolute Gasteiger partial charge is 0.497 e. The van der Waals surface area contributed by atoms with E-state index in [-0.39, 0.29) is 38.3 Å². The first-order valence-corrected chi connectivity index (χ1v) is 22.0. The molecule has 6 atom stereocenters. The van der Waals surface area contributed by atoms with E-state index >= 15 is 0 Å². The summed E-state index contributed by atoms with van der Waals surface area (Å²) in [5, 5.41) is 34.3. The Balaban J connectivity index is 2.36. The molecular formula is C42H63N11O14S. The van der Waals surface area contributed by atoms with Gasteiger partial charge in [-0.3, -0.25) is 43.3 Å². The zero-order valence-corrected chi connectivity index (χ0v) is 39.5. The van der Waals surface area contributed by atoms with E-state index in [9.17, 15) is 48.6 Å². The highest BCUT2D eigenvalue weighted by atomic mass is 32.2. The van der Waals surface area contributed by atoms with Crippen LogP contribution in [0.1, 0.15) is 57.1 Å². The lowest BCUT2D eigenvalue weighted by Crippen LogP contribution is -2.60. The monoisotopic (exact) mass is 977 g/mol. The summed E-state index contributed by atoms with van der Waals surface area (Å²) >= 11 is 1.46. The number of guanidine groups is 1. The predicted molar refractivity (Wildman–Crippen MR) is 247 cm³/mol. The number of primary amides is 2. The Hall–Kier alpha value is -7.06. The van der Waals surface area contributed by atoms with Gasteiger partial charge < -0.3 is 84.0 Å². The Kier molecular flexibility index (Phi) is 24.2. The topological polar surface area (TPSA) is 403 Å². The number of methoxy groups -OCH3 is 4. The fraction of sp³-hybridized carbons (Fsp3) is 0.500. The number of aliphatic hydroxyl groups is 1. The quantitative estimate of drug-likeness (QED) is 0.0157. The Morgan fingerprint density at radius 3 is 1.78 bits per heavy atom. The van der Waals surface area contributed by atoms with Crippen molar-refractivity contribution in [3.05, 3.63) is 41.5 Å². The highest BCUT2D eigenvalue weighted by molar-refractivity contribution is 7.98. The molecule has 7 amide bonds. The van der Waals surface area contributed by atoms with Gasteiger partial charge in [-0.25, -0.2) is 0 Å². The van der Waals surface area contributed by atoms with Crippen LogP contribution in [0.5, 0.6) is 23.0 Å². The number of aliphatic hydroxyl groups excluding tert-OH is 1. The molecule has 68 heavy (non-hydrogen) atoms. The van der Waals surface area contributed by atoms with E-state index in [1.165, 1.54) is 46.9 Å². The zero-order valence-electron chi connectivity index (χ0n) is 38.7. The molecule has 0 aromatic heterocycles. The van der Waals surface area contributed by atoms with E-state index in [1.54, 1.807) is 13.2 Å². The second-order valence-electron chi connectivity index (χ2n) is 15.0. The smallest absolute Gasteiger partial charge is 0.305 e. The maximum Gasteiger partial charge on any atom is 0.305 e. The summed E-state index contributed by atoms with van der Waals surface area (Å²) in [7, 11) is 5.94. The SMILES string of the molecule is COc1ccc(CSc2cc(OC)c(OC)c(OC)c2CN[C@@H](C)C(=O)N[C@@H](CCC(N)=O)C(=O)N[C@@H](CC(=O)O)C(=O)N[C@@H](CCCN=C(N)N)C(=O)N[C@@H](CO)C(=O)N[C@@H](C)C(N)=O)cc1. The number of carbonyl (C=O) groups excluding carboxylic acids is 7. The van der Waals surface area contributed by atoms with Gasteiger partial charge in [0, 0.05) is 35.7 Å². The van der Waals surface area contributed by atoms with Gasteiger partial charge in [0.15, 0.2) is 17.5 Å². The van der Waals surface area contributed by atoms with Gasteiger partial charge in [-0.15, -0.1) is 11.8 Å². The zero-order chi connectivity index (χ0) is 51.1. The van der Waals surface area contributed by atoms with Crippen LogP contribution in [0.4, 0.5) is 0 Å². The second-order valence-corrected chi connectivity index (χ2v) is 16.0.